The molecule has 16 heavy (non-hydrogen) atoms. The molecule has 3 nitrogen and oxygen atoms in total. The van der Waals surface area contributed by atoms with Crippen molar-refractivity contribution in [3.8, 4) is 11.3 Å². The largest absolute Gasteiger partial charge is 0.369 e. The van der Waals surface area contributed by atoms with E-state index in [9.17, 15) is 0 Å². The van der Waals surface area contributed by atoms with Gasteiger partial charge in [-0.15, -0.1) is 21.5 Å². The van der Waals surface area contributed by atoms with Crippen LogP contribution in [0.2, 0.25) is 4.34 Å². The van der Waals surface area contributed by atoms with Gasteiger partial charge < -0.3 is 5.32 Å². The first-order valence-electron chi connectivity index (χ1n) is 5.11. The van der Waals surface area contributed by atoms with Crippen LogP contribution in [-0.4, -0.2) is 16.7 Å². The monoisotopic (exact) mass is 253 g/mol. The van der Waals surface area contributed by atoms with Crippen LogP contribution in [-0.2, 0) is 0 Å². The summed E-state index contributed by atoms with van der Waals surface area (Å²) in [6, 6.07) is 5.78. The lowest BCUT2D eigenvalue weighted by Crippen LogP contribution is -2.02. The van der Waals surface area contributed by atoms with Gasteiger partial charge in [-0.1, -0.05) is 18.5 Å². The Kier molecular flexibility index (Phi) is 3.74. The predicted octanol–water partition coefficient (Wildman–Crippen LogP) is 3.68. The molecule has 0 atom stereocenters. The average Bonchev–Trinajstić information content (AvgIpc) is 2.74. The Labute approximate surface area is 103 Å². The number of halogens is 1. The molecule has 2 heterocycles. The summed E-state index contributed by atoms with van der Waals surface area (Å²) >= 11 is 7.37. The summed E-state index contributed by atoms with van der Waals surface area (Å²) in [6.45, 7) is 3.03. The number of thiophene rings is 1. The average molecular weight is 254 g/mol. The maximum absolute atomic E-state index is 5.87. The van der Waals surface area contributed by atoms with E-state index in [-0.39, 0.29) is 0 Å². The first kappa shape index (κ1) is 11.4. The lowest BCUT2D eigenvalue weighted by molar-refractivity contribution is 0.946. The Morgan fingerprint density at radius 2 is 2.25 bits per heavy atom. The van der Waals surface area contributed by atoms with Gasteiger partial charge in [0.1, 0.15) is 5.82 Å². The molecule has 2 aromatic heterocycles. The van der Waals surface area contributed by atoms with Crippen LogP contribution < -0.4 is 5.32 Å². The summed E-state index contributed by atoms with van der Waals surface area (Å²) in [5.41, 5.74) is 1.87. The zero-order valence-electron chi connectivity index (χ0n) is 8.90. The third-order valence-corrected chi connectivity index (χ3v) is 3.18. The highest BCUT2D eigenvalue weighted by atomic mass is 35.5. The highest BCUT2D eigenvalue weighted by Crippen LogP contribution is 2.27. The molecule has 0 aliphatic rings. The number of hydrogen-bond acceptors (Lipinski definition) is 4. The smallest absolute Gasteiger partial charge is 0.148 e. The Morgan fingerprint density at radius 1 is 1.38 bits per heavy atom. The number of hydrogen-bond donors (Lipinski definition) is 1. The van der Waals surface area contributed by atoms with Crippen LogP contribution in [0.25, 0.3) is 11.3 Å². The third-order valence-electron chi connectivity index (χ3n) is 2.08. The Bertz CT molecular complexity index is 453. The van der Waals surface area contributed by atoms with Crippen molar-refractivity contribution < 1.29 is 0 Å². The van der Waals surface area contributed by atoms with Gasteiger partial charge in [-0.3, -0.25) is 0 Å². The van der Waals surface area contributed by atoms with E-state index in [1.165, 1.54) is 11.3 Å². The van der Waals surface area contributed by atoms with Gasteiger partial charge in [-0.25, -0.2) is 0 Å². The fourth-order valence-electron chi connectivity index (χ4n) is 1.28. The third kappa shape index (κ3) is 2.71. The van der Waals surface area contributed by atoms with Gasteiger partial charge in [-0.2, -0.15) is 0 Å². The summed E-state index contributed by atoms with van der Waals surface area (Å²) in [7, 11) is 0. The number of rotatable bonds is 4. The second-order valence-electron chi connectivity index (χ2n) is 3.37. The van der Waals surface area contributed by atoms with E-state index >= 15 is 0 Å². The van der Waals surface area contributed by atoms with Gasteiger partial charge in [0.2, 0.25) is 0 Å². The fourth-order valence-corrected chi connectivity index (χ4v) is 2.15. The van der Waals surface area contributed by atoms with Crippen molar-refractivity contribution >= 4 is 28.8 Å². The van der Waals surface area contributed by atoms with E-state index in [2.05, 4.69) is 22.4 Å². The molecule has 0 radical (unpaired) electrons. The minimum absolute atomic E-state index is 0.769. The van der Waals surface area contributed by atoms with E-state index in [0.29, 0.717) is 0 Å². The van der Waals surface area contributed by atoms with Gasteiger partial charge in [-0.05, 0) is 24.6 Å². The molecule has 2 rings (SSSR count). The van der Waals surface area contributed by atoms with E-state index in [1.807, 2.05) is 23.6 Å². The highest BCUT2D eigenvalue weighted by Gasteiger charge is 2.03. The van der Waals surface area contributed by atoms with Gasteiger partial charge in [0.25, 0.3) is 0 Å². The van der Waals surface area contributed by atoms with Crippen molar-refractivity contribution in [2.75, 3.05) is 11.9 Å². The number of nitrogens with zero attached hydrogens (tertiary/aromatic N) is 2. The summed E-state index contributed by atoms with van der Waals surface area (Å²) in [4.78, 5) is 0. The van der Waals surface area contributed by atoms with Gasteiger partial charge in [0, 0.05) is 17.5 Å². The minimum atomic E-state index is 0.769. The molecule has 0 aliphatic heterocycles. The molecule has 0 saturated carbocycles. The molecule has 1 N–H and O–H groups in total. The van der Waals surface area contributed by atoms with E-state index in [1.54, 1.807) is 0 Å². The summed E-state index contributed by atoms with van der Waals surface area (Å²) in [6.07, 6.45) is 1.07. The predicted molar refractivity (Wildman–Crippen MR) is 69.1 cm³/mol. The molecule has 0 aliphatic carbocycles. The topological polar surface area (TPSA) is 37.8 Å². The molecule has 84 valence electrons. The van der Waals surface area contributed by atoms with E-state index in [0.717, 1.165) is 34.4 Å². The lowest BCUT2D eigenvalue weighted by Gasteiger charge is -2.02. The van der Waals surface area contributed by atoms with Gasteiger partial charge in [0.05, 0.1) is 10.0 Å². The lowest BCUT2D eigenvalue weighted by atomic mass is 10.2. The molecule has 0 saturated heterocycles. The van der Waals surface area contributed by atoms with Crippen LogP contribution in [0.15, 0.2) is 23.6 Å². The summed E-state index contributed by atoms with van der Waals surface area (Å²) in [5, 5.41) is 13.4. The molecular formula is C11H12ClN3S. The second-order valence-corrected chi connectivity index (χ2v) is 4.91. The minimum Gasteiger partial charge on any atom is -0.369 e. The molecule has 0 spiro atoms. The molecule has 2 aromatic rings. The van der Waals surface area contributed by atoms with Gasteiger partial charge >= 0.3 is 0 Å². The number of aromatic nitrogens is 2. The number of nitrogens with one attached hydrogen (secondary N) is 1. The molecular weight excluding hydrogens is 242 g/mol. The Hall–Kier alpha value is -1.13. The SMILES string of the molecule is CCCNc1ccc(-c2csc(Cl)c2)nn1. The van der Waals surface area contributed by atoms with Crippen LogP contribution in [0.4, 0.5) is 5.82 Å². The van der Waals surface area contributed by atoms with Crippen molar-refractivity contribution in [2.45, 2.75) is 13.3 Å². The standard InChI is InChI=1S/C11H12ClN3S/c1-2-5-13-11-4-3-9(14-15-11)8-6-10(12)16-7-8/h3-4,6-7H,2,5H2,1H3,(H,13,15). The zero-order valence-corrected chi connectivity index (χ0v) is 10.5. The fraction of sp³-hybridized carbons (Fsp3) is 0.273. The summed E-state index contributed by atoms with van der Waals surface area (Å²) in [5.74, 6) is 0.812. The highest BCUT2D eigenvalue weighted by molar-refractivity contribution is 7.14. The zero-order chi connectivity index (χ0) is 11.4. The van der Waals surface area contributed by atoms with Crippen molar-refractivity contribution in [3.05, 3.63) is 27.9 Å². The van der Waals surface area contributed by atoms with Crippen molar-refractivity contribution in [1.29, 1.82) is 0 Å². The van der Waals surface area contributed by atoms with Crippen LogP contribution in [0.1, 0.15) is 13.3 Å². The molecule has 0 amide bonds. The molecule has 0 fully saturated rings. The van der Waals surface area contributed by atoms with Crippen LogP contribution in [0.5, 0.6) is 0 Å². The maximum atomic E-state index is 5.87. The van der Waals surface area contributed by atoms with Crippen molar-refractivity contribution in [1.82, 2.24) is 10.2 Å². The van der Waals surface area contributed by atoms with Gasteiger partial charge in [0.15, 0.2) is 0 Å². The Balaban J connectivity index is 2.13. The Morgan fingerprint density at radius 3 is 2.81 bits per heavy atom. The maximum Gasteiger partial charge on any atom is 0.148 e. The molecule has 0 unspecified atom stereocenters. The van der Waals surface area contributed by atoms with Crippen LogP contribution >= 0.6 is 22.9 Å². The van der Waals surface area contributed by atoms with Crippen LogP contribution in [0, 0.1) is 0 Å². The molecule has 5 heteroatoms. The number of anilines is 1. The molecule has 0 aromatic carbocycles. The second kappa shape index (κ2) is 5.27. The first-order valence-corrected chi connectivity index (χ1v) is 6.37. The summed E-state index contributed by atoms with van der Waals surface area (Å²) < 4.78 is 0.769. The quantitative estimate of drug-likeness (QED) is 0.903. The van der Waals surface area contributed by atoms with Crippen molar-refractivity contribution in [2.24, 2.45) is 0 Å². The van der Waals surface area contributed by atoms with Crippen molar-refractivity contribution in [3.63, 3.8) is 0 Å². The van der Waals surface area contributed by atoms with E-state index < -0.39 is 0 Å². The normalized spacial score (nSPS) is 10.4. The first-order chi connectivity index (χ1) is 7.79. The van der Waals surface area contributed by atoms with Crippen LogP contribution in [0.3, 0.4) is 0 Å². The molecule has 0 bridgehead atoms. The van der Waals surface area contributed by atoms with E-state index in [4.69, 9.17) is 11.6 Å².